The molecule has 0 saturated heterocycles. The largest absolute Gasteiger partial charge is 0.478 e. The molecule has 0 aliphatic rings. The van der Waals surface area contributed by atoms with E-state index in [0.717, 1.165) is 0 Å². The molecule has 0 aliphatic heterocycles. The second-order valence-electron chi connectivity index (χ2n) is 3.96. The first-order valence-corrected chi connectivity index (χ1v) is 7.33. The predicted molar refractivity (Wildman–Crippen MR) is 72.1 cm³/mol. The van der Waals surface area contributed by atoms with Gasteiger partial charge < -0.3 is 5.11 Å². The van der Waals surface area contributed by atoms with Gasteiger partial charge in [0.25, 0.3) is 0 Å². The summed E-state index contributed by atoms with van der Waals surface area (Å²) < 4.78 is 25.8. The van der Waals surface area contributed by atoms with Crippen molar-refractivity contribution in [2.75, 3.05) is 6.54 Å². The van der Waals surface area contributed by atoms with Crippen molar-refractivity contribution in [3.63, 3.8) is 0 Å². The normalized spacial score (nSPS) is 10.9. The number of rotatable bonds is 7. The Hall–Kier alpha value is -1.84. The Morgan fingerprint density at radius 1 is 1.32 bits per heavy atom. The van der Waals surface area contributed by atoms with Crippen LogP contribution in [0.25, 0.3) is 0 Å². The lowest BCUT2D eigenvalue weighted by Gasteiger charge is -2.06. The molecule has 0 aliphatic carbocycles. The standard InChI is InChI=1S/C13H15NO4S/c1-2-3-4-9-14-19(17,18)10-11-5-7-12(8-6-11)13(15)16/h1,5-8,14H,3-4,9-10H2,(H,15,16). The fourth-order valence-electron chi connectivity index (χ4n) is 1.43. The minimum Gasteiger partial charge on any atom is -0.478 e. The Balaban J connectivity index is 2.58. The van der Waals surface area contributed by atoms with E-state index in [9.17, 15) is 13.2 Å². The molecule has 102 valence electrons. The number of carbonyl (C=O) groups is 1. The van der Waals surface area contributed by atoms with E-state index in [0.29, 0.717) is 24.9 Å². The molecule has 19 heavy (non-hydrogen) atoms. The second-order valence-corrected chi connectivity index (χ2v) is 5.77. The van der Waals surface area contributed by atoms with Crippen LogP contribution in [0.3, 0.4) is 0 Å². The summed E-state index contributed by atoms with van der Waals surface area (Å²) in [6, 6.07) is 5.74. The van der Waals surface area contributed by atoms with Gasteiger partial charge in [0.05, 0.1) is 11.3 Å². The van der Waals surface area contributed by atoms with Gasteiger partial charge >= 0.3 is 5.97 Å². The average molecular weight is 281 g/mol. The molecule has 0 amide bonds. The van der Waals surface area contributed by atoms with Crippen molar-refractivity contribution < 1.29 is 18.3 Å². The maximum atomic E-state index is 11.7. The molecule has 0 radical (unpaired) electrons. The molecule has 1 rings (SSSR count). The summed E-state index contributed by atoms with van der Waals surface area (Å²) >= 11 is 0. The molecule has 5 nitrogen and oxygen atoms in total. The molecule has 1 aromatic carbocycles. The van der Waals surface area contributed by atoms with Crippen LogP contribution >= 0.6 is 0 Å². The van der Waals surface area contributed by atoms with Crippen molar-refractivity contribution in [1.29, 1.82) is 0 Å². The SMILES string of the molecule is C#CCCCNS(=O)(=O)Cc1ccc(C(=O)O)cc1. The Labute approximate surface area is 112 Å². The number of nitrogens with one attached hydrogen (secondary N) is 1. The van der Waals surface area contributed by atoms with Crippen LogP contribution in [-0.4, -0.2) is 26.0 Å². The van der Waals surface area contributed by atoms with Crippen LogP contribution in [-0.2, 0) is 15.8 Å². The van der Waals surface area contributed by atoms with E-state index in [1.54, 1.807) is 0 Å². The number of terminal acetylenes is 1. The first kappa shape index (κ1) is 15.2. The van der Waals surface area contributed by atoms with Gasteiger partial charge in [-0.25, -0.2) is 17.9 Å². The lowest BCUT2D eigenvalue weighted by Crippen LogP contribution is -2.26. The molecule has 0 saturated carbocycles. The third-order valence-electron chi connectivity index (χ3n) is 2.38. The Kier molecular flexibility index (Phi) is 5.55. The van der Waals surface area contributed by atoms with E-state index < -0.39 is 16.0 Å². The molecule has 0 heterocycles. The Bertz CT molecular complexity index is 570. The Morgan fingerprint density at radius 2 is 1.95 bits per heavy atom. The zero-order chi connectivity index (χ0) is 14.3. The summed E-state index contributed by atoms with van der Waals surface area (Å²) in [4.78, 5) is 10.7. The van der Waals surface area contributed by atoms with Crippen LogP contribution in [0.4, 0.5) is 0 Å². The van der Waals surface area contributed by atoms with Gasteiger partial charge in [-0.05, 0) is 24.1 Å². The van der Waals surface area contributed by atoms with Crippen LogP contribution < -0.4 is 4.72 Å². The van der Waals surface area contributed by atoms with Gasteiger partial charge in [-0.15, -0.1) is 12.3 Å². The molecule has 0 spiro atoms. The van der Waals surface area contributed by atoms with Crippen LogP contribution in [0.2, 0.25) is 0 Å². The van der Waals surface area contributed by atoms with Crippen molar-refractivity contribution in [2.24, 2.45) is 0 Å². The van der Waals surface area contributed by atoms with E-state index in [2.05, 4.69) is 10.6 Å². The zero-order valence-corrected chi connectivity index (χ0v) is 11.1. The van der Waals surface area contributed by atoms with Crippen LogP contribution in [0.1, 0.15) is 28.8 Å². The fourth-order valence-corrected chi connectivity index (χ4v) is 2.62. The molecule has 1 aromatic rings. The van der Waals surface area contributed by atoms with Gasteiger partial charge in [0, 0.05) is 13.0 Å². The number of hydrogen-bond donors (Lipinski definition) is 2. The van der Waals surface area contributed by atoms with Crippen molar-refractivity contribution >= 4 is 16.0 Å². The molecule has 0 aromatic heterocycles. The molecule has 2 N–H and O–H groups in total. The molecule has 0 atom stereocenters. The van der Waals surface area contributed by atoms with Crippen LogP contribution in [0.15, 0.2) is 24.3 Å². The van der Waals surface area contributed by atoms with Gasteiger partial charge in [0.15, 0.2) is 0 Å². The van der Waals surface area contributed by atoms with Crippen molar-refractivity contribution in [3.05, 3.63) is 35.4 Å². The molecule has 6 heteroatoms. The summed E-state index contributed by atoms with van der Waals surface area (Å²) in [5.74, 6) is 1.21. The molecular formula is C13H15NO4S. The second kappa shape index (κ2) is 6.92. The summed E-state index contributed by atoms with van der Waals surface area (Å²) in [6.45, 7) is 0.305. The highest BCUT2D eigenvalue weighted by molar-refractivity contribution is 7.88. The van der Waals surface area contributed by atoms with Gasteiger partial charge in [-0.1, -0.05) is 12.1 Å². The maximum absolute atomic E-state index is 11.7. The smallest absolute Gasteiger partial charge is 0.335 e. The van der Waals surface area contributed by atoms with E-state index in [4.69, 9.17) is 11.5 Å². The minimum atomic E-state index is -3.41. The number of sulfonamides is 1. The topological polar surface area (TPSA) is 83.5 Å². The molecular weight excluding hydrogens is 266 g/mol. The van der Waals surface area contributed by atoms with Crippen LogP contribution in [0.5, 0.6) is 0 Å². The van der Waals surface area contributed by atoms with Crippen LogP contribution in [0, 0.1) is 12.3 Å². The fraction of sp³-hybridized carbons (Fsp3) is 0.308. The van der Waals surface area contributed by atoms with Crippen molar-refractivity contribution in [1.82, 2.24) is 4.72 Å². The number of carboxylic acids is 1. The summed E-state index contributed by atoms with van der Waals surface area (Å²) in [5, 5.41) is 8.73. The minimum absolute atomic E-state index is 0.128. The molecule has 0 fully saturated rings. The summed E-state index contributed by atoms with van der Waals surface area (Å²) in [7, 11) is -3.41. The number of unbranched alkanes of at least 4 members (excludes halogenated alkanes) is 1. The lowest BCUT2D eigenvalue weighted by molar-refractivity contribution is 0.0697. The third-order valence-corrected chi connectivity index (χ3v) is 3.73. The highest BCUT2D eigenvalue weighted by atomic mass is 32.2. The summed E-state index contributed by atoms with van der Waals surface area (Å²) in [6.07, 6.45) is 6.18. The first-order valence-electron chi connectivity index (χ1n) is 5.67. The molecule has 0 bridgehead atoms. The highest BCUT2D eigenvalue weighted by Gasteiger charge is 2.11. The number of hydrogen-bond acceptors (Lipinski definition) is 3. The third kappa shape index (κ3) is 5.55. The van der Waals surface area contributed by atoms with Gasteiger partial charge in [-0.2, -0.15) is 0 Å². The Morgan fingerprint density at radius 3 is 2.47 bits per heavy atom. The van der Waals surface area contributed by atoms with E-state index in [-0.39, 0.29) is 11.3 Å². The van der Waals surface area contributed by atoms with Gasteiger partial charge in [0.2, 0.25) is 10.0 Å². The quantitative estimate of drug-likeness (QED) is 0.581. The number of aromatic carboxylic acids is 1. The number of carboxylic acid groups (broad SMARTS) is 1. The van der Waals surface area contributed by atoms with E-state index >= 15 is 0 Å². The van der Waals surface area contributed by atoms with Crippen molar-refractivity contribution in [3.8, 4) is 12.3 Å². The van der Waals surface area contributed by atoms with Gasteiger partial charge in [-0.3, -0.25) is 0 Å². The van der Waals surface area contributed by atoms with Crippen molar-refractivity contribution in [2.45, 2.75) is 18.6 Å². The average Bonchev–Trinajstić information content (AvgIpc) is 2.35. The number of benzene rings is 1. The summed E-state index contributed by atoms with van der Waals surface area (Å²) in [5.41, 5.74) is 0.664. The predicted octanol–water partition coefficient (Wildman–Crippen LogP) is 1.22. The van der Waals surface area contributed by atoms with E-state index in [1.165, 1.54) is 24.3 Å². The zero-order valence-electron chi connectivity index (χ0n) is 10.3. The van der Waals surface area contributed by atoms with Gasteiger partial charge in [0.1, 0.15) is 0 Å². The lowest BCUT2D eigenvalue weighted by atomic mass is 10.1. The molecule has 0 unspecified atom stereocenters. The highest BCUT2D eigenvalue weighted by Crippen LogP contribution is 2.08. The van der Waals surface area contributed by atoms with E-state index in [1.807, 2.05) is 0 Å². The monoisotopic (exact) mass is 281 g/mol. The maximum Gasteiger partial charge on any atom is 0.335 e. The first-order chi connectivity index (χ1) is 8.94.